The number of aryl methyl sites for hydroxylation is 2. The molecule has 4 heteroatoms. The zero-order valence-corrected chi connectivity index (χ0v) is 12.0. The molecule has 0 saturated carbocycles. The van der Waals surface area contributed by atoms with Gasteiger partial charge in [0, 0.05) is 6.54 Å². The summed E-state index contributed by atoms with van der Waals surface area (Å²) in [5.41, 5.74) is 1.12. The second-order valence-corrected chi connectivity index (χ2v) is 4.72. The van der Waals surface area contributed by atoms with Gasteiger partial charge in [0.2, 0.25) is 0 Å². The van der Waals surface area contributed by atoms with Crippen LogP contribution in [-0.4, -0.2) is 14.0 Å². The van der Waals surface area contributed by atoms with Crippen molar-refractivity contribution in [2.45, 2.75) is 27.3 Å². The highest BCUT2D eigenvalue weighted by atomic mass is 127. The summed E-state index contributed by atoms with van der Waals surface area (Å²) in [6.45, 7) is 7.26. The van der Waals surface area contributed by atoms with Gasteiger partial charge < -0.3 is 4.57 Å². The van der Waals surface area contributed by atoms with E-state index in [1.165, 1.54) is 8.13 Å². The molecule has 0 spiro atoms. The number of nitrogens with zero attached hydrogens (tertiary/aromatic N) is 2. The summed E-state index contributed by atoms with van der Waals surface area (Å²) in [5.74, 6) is 0. The number of halogens is 2. The zero-order valence-electron chi connectivity index (χ0n) is 7.64. The van der Waals surface area contributed by atoms with E-state index in [1.807, 2.05) is 13.3 Å². The maximum Gasteiger partial charge on any atom is 0.102 e. The van der Waals surface area contributed by atoms with E-state index in [-0.39, 0.29) is 0 Å². The van der Waals surface area contributed by atoms with Gasteiger partial charge in [-0.2, -0.15) is 0 Å². The zero-order chi connectivity index (χ0) is 9.56. The topological polar surface area (TPSA) is 17.8 Å². The summed E-state index contributed by atoms with van der Waals surface area (Å²) < 4.78 is 4.59. The van der Waals surface area contributed by atoms with Crippen molar-refractivity contribution < 1.29 is 0 Å². The molecule has 2 nitrogen and oxygen atoms in total. The van der Waals surface area contributed by atoms with Crippen molar-refractivity contribution in [1.82, 2.24) is 9.55 Å². The molecule has 0 aliphatic heterocycles. The molecule has 0 aliphatic carbocycles. The van der Waals surface area contributed by atoms with Crippen LogP contribution in [0.4, 0.5) is 0 Å². The van der Waals surface area contributed by atoms with Gasteiger partial charge >= 0.3 is 0 Å². The third-order valence-corrected chi connectivity index (χ3v) is 2.68. The molecule has 0 N–H and O–H groups in total. The Hall–Kier alpha value is 0.670. The van der Waals surface area contributed by atoms with Gasteiger partial charge in [-0.25, -0.2) is 4.98 Å². The van der Waals surface area contributed by atoms with E-state index in [0.29, 0.717) is 0 Å². The van der Waals surface area contributed by atoms with Crippen LogP contribution in [0.1, 0.15) is 19.5 Å². The number of alkyl halides is 1. The van der Waals surface area contributed by atoms with Crippen LogP contribution >= 0.6 is 45.2 Å². The average molecular weight is 392 g/mol. The second kappa shape index (κ2) is 7.11. The molecule has 0 saturated heterocycles. The Bertz CT molecular complexity index is 221. The van der Waals surface area contributed by atoms with Gasteiger partial charge in [0.1, 0.15) is 3.70 Å². The monoisotopic (exact) mass is 392 g/mol. The van der Waals surface area contributed by atoms with Crippen LogP contribution in [0.15, 0.2) is 6.33 Å². The van der Waals surface area contributed by atoms with Gasteiger partial charge in [-0.15, -0.1) is 0 Å². The van der Waals surface area contributed by atoms with E-state index in [2.05, 4.69) is 68.6 Å². The Kier molecular flexibility index (Phi) is 7.51. The summed E-state index contributed by atoms with van der Waals surface area (Å²) in [4.78, 5) is 4.14. The predicted molar refractivity (Wildman–Crippen MR) is 69.9 cm³/mol. The van der Waals surface area contributed by atoms with E-state index >= 15 is 0 Å². The molecule has 12 heavy (non-hydrogen) atoms. The van der Waals surface area contributed by atoms with Crippen molar-refractivity contribution in [1.29, 1.82) is 0 Å². The Balaban J connectivity index is 0.000000354. The van der Waals surface area contributed by atoms with E-state index in [4.69, 9.17) is 0 Å². The van der Waals surface area contributed by atoms with Crippen LogP contribution in [0.2, 0.25) is 0 Å². The molecular formula is C8H14I2N2. The molecule has 1 rings (SSSR count). The molecule has 0 aromatic carbocycles. The number of aromatic nitrogens is 2. The standard InChI is InChI=1S/C6H9IN2.C2H5I/c1-3-9-4-8-5(2)6(9)7;1-2-3/h4H,3H2,1-2H3;2H2,1H3. The Labute approximate surface area is 101 Å². The van der Waals surface area contributed by atoms with E-state index in [0.717, 1.165) is 12.2 Å². The number of hydrogen-bond acceptors (Lipinski definition) is 1. The minimum atomic E-state index is 1.01. The van der Waals surface area contributed by atoms with Gasteiger partial charge in [0.15, 0.2) is 0 Å². The predicted octanol–water partition coefficient (Wildman–Crippen LogP) is 3.26. The minimum Gasteiger partial charge on any atom is -0.326 e. The lowest BCUT2D eigenvalue weighted by molar-refractivity contribution is 0.743. The molecule has 1 aromatic rings. The van der Waals surface area contributed by atoms with E-state index < -0.39 is 0 Å². The summed E-state index contributed by atoms with van der Waals surface area (Å²) in [6, 6.07) is 0. The molecule has 0 unspecified atom stereocenters. The molecule has 0 bridgehead atoms. The quantitative estimate of drug-likeness (QED) is 0.530. The second-order valence-electron chi connectivity index (χ2n) is 2.17. The highest BCUT2D eigenvalue weighted by Crippen LogP contribution is 2.08. The van der Waals surface area contributed by atoms with Crippen LogP contribution in [0.3, 0.4) is 0 Å². The molecule has 0 radical (unpaired) electrons. The summed E-state index contributed by atoms with van der Waals surface area (Å²) in [5, 5.41) is 0. The first kappa shape index (κ1) is 12.7. The first-order chi connectivity index (χ1) is 5.67. The van der Waals surface area contributed by atoms with Crippen molar-refractivity contribution in [3.63, 3.8) is 0 Å². The van der Waals surface area contributed by atoms with Gasteiger partial charge in [-0.1, -0.05) is 29.5 Å². The smallest absolute Gasteiger partial charge is 0.102 e. The maximum atomic E-state index is 4.14. The Morgan fingerprint density at radius 1 is 1.50 bits per heavy atom. The van der Waals surface area contributed by atoms with E-state index in [1.54, 1.807) is 0 Å². The van der Waals surface area contributed by atoms with Gasteiger partial charge in [0.05, 0.1) is 12.0 Å². The number of imidazole rings is 1. The van der Waals surface area contributed by atoms with Crippen molar-refractivity contribution in [2.24, 2.45) is 0 Å². The first-order valence-electron chi connectivity index (χ1n) is 3.90. The van der Waals surface area contributed by atoms with Crippen LogP contribution in [0.5, 0.6) is 0 Å². The lowest BCUT2D eigenvalue weighted by atomic mass is 10.6. The fourth-order valence-corrected chi connectivity index (χ4v) is 1.29. The van der Waals surface area contributed by atoms with Crippen molar-refractivity contribution in [3.05, 3.63) is 15.7 Å². The first-order valence-corrected chi connectivity index (χ1v) is 6.50. The third kappa shape index (κ3) is 4.06. The van der Waals surface area contributed by atoms with Crippen molar-refractivity contribution in [3.8, 4) is 0 Å². The number of hydrogen-bond donors (Lipinski definition) is 0. The highest BCUT2D eigenvalue weighted by Gasteiger charge is 1.98. The molecule has 1 aromatic heterocycles. The molecule has 0 fully saturated rings. The Morgan fingerprint density at radius 2 is 2.00 bits per heavy atom. The summed E-state index contributed by atoms with van der Waals surface area (Å²) in [6.07, 6.45) is 1.87. The van der Waals surface area contributed by atoms with Crippen LogP contribution in [0, 0.1) is 10.6 Å². The molecule has 0 atom stereocenters. The van der Waals surface area contributed by atoms with Crippen LogP contribution < -0.4 is 0 Å². The van der Waals surface area contributed by atoms with Gasteiger partial charge in [0.25, 0.3) is 0 Å². The number of rotatable bonds is 1. The van der Waals surface area contributed by atoms with Crippen LogP contribution in [0.25, 0.3) is 0 Å². The maximum absolute atomic E-state index is 4.14. The normalized spacial score (nSPS) is 9.08. The Morgan fingerprint density at radius 3 is 2.17 bits per heavy atom. The van der Waals surface area contributed by atoms with E-state index in [9.17, 15) is 0 Å². The van der Waals surface area contributed by atoms with Gasteiger partial charge in [-0.05, 0) is 40.9 Å². The molecule has 0 aliphatic rings. The average Bonchev–Trinajstić information content (AvgIpc) is 2.35. The fraction of sp³-hybridized carbons (Fsp3) is 0.625. The minimum absolute atomic E-state index is 1.01. The molecular weight excluding hydrogens is 378 g/mol. The lowest BCUT2D eigenvalue weighted by Crippen LogP contribution is -1.93. The van der Waals surface area contributed by atoms with Gasteiger partial charge in [-0.3, -0.25) is 0 Å². The molecule has 0 amide bonds. The highest BCUT2D eigenvalue weighted by molar-refractivity contribution is 14.1. The van der Waals surface area contributed by atoms with Crippen LogP contribution in [-0.2, 0) is 6.54 Å². The molecule has 1 heterocycles. The van der Waals surface area contributed by atoms with Crippen molar-refractivity contribution >= 4 is 45.2 Å². The lowest BCUT2D eigenvalue weighted by Gasteiger charge is -1.95. The van der Waals surface area contributed by atoms with Crippen molar-refractivity contribution in [2.75, 3.05) is 4.43 Å². The summed E-state index contributed by atoms with van der Waals surface area (Å²) in [7, 11) is 0. The third-order valence-electron chi connectivity index (χ3n) is 1.28. The summed E-state index contributed by atoms with van der Waals surface area (Å²) >= 11 is 4.59. The fourth-order valence-electron chi connectivity index (χ4n) is 0.689. The molecule has 70 valence electrons. The largest absolute Gasteiger partial charge is 0.326 e. The SMILES string of the molecule is CCI.CCn1cnc(C)c1I.